The number of rotatable bonds is 8. The normalized spacial score (nSPS) is 12.8. The van der Waals surface area contributed by atoms with Gasteiger partial charge in [-0.1, -0.05) is 74.9 Å². The van der Waals surface area contributed by atoms with Crippen molar-refractivity contribution in [3.63, 3.8) is 0 Å². The van der Waals surface area contributed by atoms with Crippen molar-refractivity contribution in [1.82, 2.24) is 0 Å². The molecule has 210 valence electrons. The Kier molecular flexibility index (Phi) is 8.91. The van der Waals surface area contributed by atoms with Gasteiger partial charge in [0.15, 0.2) is 17.5 Å². The number of benzene rings is 4. The van der Waals surface area contributed by atoms with Crippen molar-refractivity contribution in [3.8, 4) is 16.9 Å². The highest BCUT2D eigenvalue weighted by Gasteiger charge is 2.39. The average molecular weight is 579 g/mol. The van der Waals surface area contributed by atoms with E-state index in [1.165, 1.54) is 5.56 Å². The molecule has 0 aromatic heterocycles. The molecule has 0 saturated carbocycles. The van der Waals surface area contributed by atoms with Crippen LogP contribution >= 0.6 is 11.8 Å². The third-order valence-electron chi connectivity index (χ3n) is 7.73. The lowest BCUT2D eigenvalue weighted by atomic mass is 9.99. The van der Waals surface area contributed by atoms with E-state index >= 15 is 0 Å². The smallest absolute Gasteiger partial charge is 0.250 e. The van der Waals surface area contributed by atoms with Crippen LogP contribution in [0, 0.1) is 31.3 Å². The van der Waals surface area contributed by atoms with Gasteiger partial charge in [0.2, 0.25) is 8.32 Å². The fourth-order valence-corrected chi connectivity index (χ4v) is 6.58. The molecule has 0 aliphatic heterocycles. The number of halogens is 3. The van der Waals surface area contributed by atoms with Crippen LogP contribution < -0.4 is 4.43 Å². The molecule has 6 heteroatoms. The van der Waals surface area contributed by atoms with Crippen LogP contribution in [0.2, 0.25) is 18.1 Å². The molecule has 0 fully saturated rings. The summed E-state index contributed by atoms with van der Waals surface area (Å²) in [5.41, 5.74) is 5.89. The van der Waals surface area contributed by atoms with Crippen molar-refractivity contribution in [3.05, 3.63) is 119 Å². The van der Waals surface area contributed by atoms with E-state index in [-0.39, 0.29) is 10.3 Å². The Hall–Kier alpha value is -2.96. The van der Waals surface area contributed by atoms with Gasteiger partial charge >= 0.3 is 0 Å². The van der Waals surface area contributed by atoms with Crippen molar-refractivity contribution in [2.24, 2.45) is 0 Å². The van der Waals surface area contributed by atoms with E-state index in [0.29, 0.717) is 12.0 Å². The zero-order valence-electron chi connectivity index (χ0n) is 24.2. The van der Waals surface area contributed by atoms with Crippen molar-refractivity contribution in [2.75, 3.05) is 0 Å². The Morgan fingerprint density at radius 2 is 1.32 bits per heavy atom. The highest BCUT2D eigenvalue weighted by molar-refractivity contribution is 7.99. The zero-order valence-corrected chi connectivity index (χ0v) is 26.1. The van der Waals surface area contributed by atoms with Gasteiger partial charge < -0.3 is 4.43 Å². The van der Waals surface area contributed by atoms with Gasteiger partial charge in [0.1, 0.15) is 5.75 Å². The van der Waals surface area contributed by atoms with Crippen molar-refractivity contribution in [1.29, 1.82) is 0 Å². The van der Waals surface area contributed by atoms with Crippen LogP contribution in [-0.2, 0) is 6.42 Å². The lowest BCUT2D eigenvalue weighted by molar-refractivity contribution is 0.445. The SMILES string of the molecule is Cc1ccc(-c2ccc(C(Cc3cc(F)c(F)c(F)c3)Sc3ccc(O[Si](C)(C)C(C)(C)C)c(C)c3)cc2)cc1. The van der Waals surface area contributed by atoms with E-state index in [9.17, 15) is 13.2 Å². The second-order valence-electron chi connectivity index (χ2n) is 12.0. The molecule has 4 aromatic carbocycles. The van der Waals surface area contributed by atoms with Crippen molar-refractivity contribution < 1.29 is 17.6 Å². The fraction of sp³-hybridized carbons (Fsp3) is 0.294. The molecule has 0 N–H and O–H groups in total. The summed E-state index contributed by atoms with van der Waals surface area (Å²) in [7, 11) is -1.99. The molecule has 4 rings (SSSR count). The van der Waals surface area contributed by atoms with Crippen LogP contribution in [0.4, 0.5) is 13.2 Å². The van der Waals surface area contributed by atoms with E-state index in [1.54, 1.807) is 11.8 Å². The van der Waals surface area contributed by atoms with E-state index in [0.717, 1.165) is 45.0 Å². The number of aryl methyl sites for hydroxylation is 2. The van der Waals surface area contributed by atoms with Crippen LogP contribution in [0.15, 0.2) is 83.8 Å². The predicted octanol–water partition coefficient (Wildman–Crippen LogP) is 10.8. The lowest BCUT2D eigenvalue weighted by Gasteiger charge is -2.37. The monoisotopic (exact) mass is 578 g/mol. The summed E-state index contributed by atoms with van der Waals surface area (Å²) in [5.74, 6) is -2.89. The molecule has 0 radical (unpaired) electrons. The molecular formula is C34H37F3OSSi. The molecular weight excluding hydrogens is 542 g/mol. The molecule has 0 bridgehead atoms. The fourth-order valence-electron chi connectivity index (χ4n) is 4.21. The highest BCUT2D eigenvalue weighted by atomic mass is 32.2. The second-order valence-corrected chi connectivity index (χ2v) is 18.0. The highest BCUT2D eigenvalue weighted by Crippen LogP contribution is 2.42. The summed E-state index contributed by atoms with van der Waals surface area (Å²) in [5, 5.41) is -0.0644. The molecule has 0 amide bonds. The van der Waals surface area contributed by atoms with E-state index < -0.39 is 25.8 Å². The van der Waals surface area contributed by atoms with Gasteiger partial charge in [0, 0.05) is 10.1 Å². The summed E-state index contributed by atoms with van der Waals surface area (Å²) >= 11 is 1.62. The minimum Gasteiger partial charge on any atom is -0.543 e. The Bertz CT molecular complexity index is 1450. The standard InChI is InChI=1S/C34H37F3OSSi/c1-22-8-10-25(11-9-22)26-12-14-27(15-13-26)32(21-24-19-29(35)33(37)30(36)20-24)39-28-16-17-31(23(2)18-28)38-40(6,7)34(3,4)5/h8-20,32H,21H2,1-7H3. The van der Waals surface area contributed by atoms with Gasteiger partial charge in [-0.3, -0.25) is 0 Å². The number of thioether (sulfide) groups is 1. The third-order valence-corrected chi connectivity index (χ3v) is 13.3. The van der Waals surface area contributed by atoms with E-state index in [1.807, 2.05) is 19.1 Å². The average Bonchev–Trinajstić information content (AvgIpc) is 2.88. The molecule has 40 heavy (non-hydrogen) atoms. The Balaban J connectivity index is 1.64. The molecule has 1 nitrogen and oxygen atoms in total. The minimum absolute atomic E-state index is 0.0857. The van der Waals surface area contributed by atoms with Gasteiger partial charge in [-0.05, 0) is 96.5 Å². The summed E-state index contributed by atoms with van der Waals surface area (Å²) in [6.07, 6.45) is 0.337. The summed E-state index contributed by atoms with van der Waals surface area (Å²) in [4.78, 5) is 1.02. The van der Waals surface area contributed by atoms with Crippen LogP contribution in [0.3, 0.4) is 0 Å². The maximum absolute atomic E-state index is 14.1. The molecule has 0 heterocycles. The molecule has 0 spiro atoms. The summed E-state index contributed by atoms with van der Waals surface area (Å²) in [6.45, 7) is 15.2. The summed E-state index contributed by atoms with van der Waals surface area (Å²) < 4.78 is 48.4. The molecule has 1 atom stereocenters. The molecule has 4 aromatic rings. The first-order chi connectivity index (χ1) is 18.7. The van der Waals surface area contributed by atoms with Crippen LogP contribution in [0.5, 0.6) is 5.75 Å². The number of hydrogen-bond donors (Lipinski definition) is 0. The Morgan fingerprint density at radius 3 is 1.85 bits per heavy atom. The Morgan fingerprint density at radius 1 is 0.775 bits per heavy atom. The second kappa shape index (κ2) is 11.9. The van der Waals surface area contributed by atoms with Gasteiger partial charge in [0.05, 0.1) is 0 Å². The van der Waals surface area contributed by atoms with Crippen LogP contribution in [0.1, 0.15) is 48.3 Å². The first-order valence-corrected chi connectivity index (χ1v) is 17.3. The Labute approximate surface area is 241 Å². The lowest BCUT2D eigenvalue weighted by Crippen LogP contribution is -2.44. The van der Waals surface area contributed by atoms with E-state index in [2.05, 4.69) is 95.4 Å². The topological polar surface area (TPSA) is 9.23 Å². The zero-order chi connectivity index (χ0) is 29.2. The first kappa shape index (κ1) is 30.0. The third kappa shape index (κ3) is 7.02. The van der Waals surface area contributed by atoms with Gasteiger partial charge in [-0.25, -0.2) is 13.2 Å². The molecule has 1 unspecified atom stereocenters. The molecule has 0 aliphatic rings. The van der Waals surface area contributed by atoms with Gasteiger partial charge in [-0.2, -0.15) is 0 Å². The minimum atomic E-state index is -1.99. The predicted molar refractivity (Wildman–Crippen MR) is 164 cm³/mol. The maximum Gasteiger partial charge on any atom is 0.250 e. The number of hydrogen-bond acceptors (Lipinski definition) is 2. The van der Waals surface area contributed by atoms with Crippen LogP contribution in [0.25, 0.3) is 11.1 Å². The quantitative estimate of drug-likeness (QED) is 0.117. The maximum atomic E-state index is 14.1. The first-order valence-electron chi connectivity index (χ1n) is 13.5. The van der Waals surface area contributed by atoms with Crippen molar-refractivity contribution >= 4 is 20.1 Å². The molecule has 0 aliphatic carbocycles. The van der Waals surface area contributed by atoms with Crippen molar-refractivity contribution in [2.45, 2.75) is 69.3 Å². The largest absolute Gasteiger partial charge is 0.543 e. The van der Waals surface area contributed by atoms with Gasteiger partial charge in [-0.15, -0.1) is 11.8 Å². The van der Waals surface area contributed by atoms with Crippen LogP contribution in [-0.4, -0.2) is 8.32 Å². The van der Waals surface area contributed by atoms with E-state index in [4.69, 9.17) is 4.43 Å². The molecule has 0 saturated heterocycles. The summed E-state index contributed by atoms with van der Waals surface area (Å²) in [6, 6.07) is 25.0. The van der Waals surface area contributed by atoms with Gasteiger partial charge in [0.25, 0.3) is 0 Å².